The van der Waals surface area contributed by atoms with Crippen molar-refractivity contribution >= 4 is 21.8 Å². The monoisotopic (exact) mass is 234 g/mol. The molecule has 6 heteroatoms. The van der Waals surface area contributed by atoms with E-state index in [0.29, 0.717) is 5.25 Å². The van der Waals surface area contributed by atoms with Crippen LogP contribution in [0.2, 0.25) is 0 Å². The second-order valence-electron chi connectivity index (χ2n) is 3.35. The predicted molar refractivity (Wildman–Crippen MR) is 57.5 cm³/mol. The van der Waals surface area contributed by atoms with E-state index in [9.17, 15) is 8.42 Å². The number of rotatable bonds is 4. The molecular weight excluding hydrogens is 220 g/mol. The van der Waals surface area contributed by atoms with E-state index in [-0.39, 0.29) is 6.04 Å². The van der Waals surface area contributed by atoms with Crippen molar-refractivity contribution in [2.75, 3.05) is 12.0 Å². The van der Waals surface area contributed by atoms with Gasteiger partial charge in [0.05, 0.1) is 6.07 Å². The number of nitrogens with zero attached hydrogens (tertiary/aromatic N) is 1. The number of thioether (sulfide) groups is 1. The molecule has 1 rings (SSSR count). The zero-order valence-electron chi connectivity index (χ0n) is 8.06. The minimum atomic E-state index is -3.38. The van der Waals surface area contributed by atoms with Crippen molar-refractivity contribution in [3.63, 3.8) is 0 Å². The van der Waals surface area contributed by atoms with Crippen molar-refractivity contribution in [2.45, 2.75) is 30.6 Å². The Morgan fingerprint density at radius 3 is 2.86 bits per heavy atom. The van der Waals surface area contributed by atoms with Gasteiger partial charge in [0.15, 0.2) is 5.75 Å². The van der Waals surface area contributed by atoms with Gasteiger partial charge in [0.25, 0.3) is 0 Å². The van der Waals surface area contributed by atoms with Gasteiger partial charge in [-0.05, 0) is 19.1 Å². The van der Waals surface area contributed by atoms with E-state index in [2.05, 4.69) is 4.72 Å². The van der Waals surface area contributed by atoms with Crippen LogP contribution in [-0.2, 0) is 10.0 Å². The van der Waals surface area contributed by atoms with E-state index in [0.717, 1.165) is 19.3 Å². The normalized spacial score (nSPS) is 27.4. The van der Waals surface area contributed by atoms with Gasteiger partial charge in [0.1, 0.15) is 0 Å². The predicted octanol–water partition coefficient (Wildman–Crippen LogP) is 0.713. The highest BCUT2D eigenvalue weighted by atomic mass is 32.2. The summed E-state index contributed by atoms with van der Waals surface area (Å²) in [4.78, 5) is 0. The molecule has 4 nitrogen and oxygen atoms in total. The highest BCUT2D eigenvalue weighted by Crippen LogP contribution is 2.28. The molecule has 0 aromatic carbocycles. The smallest absolute Gasteiger partial charge is 0.211 e. The molecule has 80 valence electrons. The second-order valence-corrected chi connectivity index (χ2v) is 6.18. The van der Waals surface area contributed by atoms with Gasteiger partial charge in [-0.15, -0.1) is 0 Å². The van der Waals surface area contributed by atoms with Crippen LogP contribution in [0, 0.1) is 11.3 Å². The molecule has 0 radical (unpaired) electrons. The molecule has 1 fully saturated rings. The number of hydrogen-bond donors (Lipinski definition) is 1. The van der Waals surface area contributed by atoms with Crippen molar-refractivity contribution < 1.29 is 8.42 Å². The third-order valence-electron chi connectivity index (χ3n) is 2.34. The third kappa shape index (κ3) is 3.15. The van der Waals surface area contributed by atoms with Crippen LogP contribution in [0.4, 0.5) is 0 Å². The van der Waals surface area contributed by atoms with Gasteiger partial charge in [-0.2, -0.15) is 17.0 Å². The van der Waals surface area contributed by atoms with Crippen molar-refractivity contribution in [1.82, 2.24) is 4.72 Å². The van der Waals surface area contributed by atoms with Gasteiger partial charge >= 0.3 is 0 Å². The molecule has 0 aliphatic heterocycles. The van der Waals surface area contributed by atoms with Gasteiger partial charge < -0.3 is 0 Å². The summed E-state index contributed by atoms with van der Waals surface area (Å²) in [6.45, 7) is 0. The Bertz CT molecular complexity index is 321. The van der Waals surface area contributed by atoms with Crippen LogP contribution < -0.4 is 4.72 Å². The SMILES string of the molecule is CSC1CCCC1NS(=O)(=O)CC#N. The van der Waals surface area contributed by atoms with Crippen LogP contribution in [0.3, 0.4) is 0 Å². The molecule has 14 heavy (non-hydrogen) atoms. The van der Waals surface area contributed by atoms with Crippen LogP contribution in [0.25, 0.3) is 0 Å². The first kappa shape index (κ1) is 11.8. The van der Waals surface area contributed by atoms with E-state index in [4.69, 9.17) is 5.26 Å². The lowest BCUT2D eigenvalue weighted by Crippen LogP contribution is -2.39. The van der Waals surface area contributed by atoms with E-state index in [1.165, 1.54) is 0 Å². The Labute approximate surface area is 89.1 Å². The summed E-state index contributed by atoms with van der Waals surface area (Å²) in [5, 5.41) is 8.69. The second kappa shape index (κ2) is 5.01. The molecule has 1 N–H and O–H groups in total. The van der Waals surface area contributed by atoms with Crippen molar-refractivity contribution in [1.29, 1.82) is 5.26 Å². The molecule has 0 aromatic heterocycles. The topological polar surface area (TPSA) is 70.0 Å². The zero-order valence-corrected chi connectivity index (χ0v) is 9.70. The summed E-state index contributed by atoms with van der Waals surface area (Å²) in [5.41, 5.74) is 0. The molecule has 0 amide bonds. The lowest BCUT2D eigenvalue weighted by atomic mass is 10.3. The molecule has 1 saturated carbocycles. The lowest BCUT2D eigenvalue weighted by molar-refractivity contribution is 0.558. The molecule has 0 aromatic rings. The van der Waals surface area contributed by atoms with Gasteiger partial charge in [0, 0.05) is 11.3 Å². The van der Waals surface area contributed by atoms with Crippen LogP contribution in [0.5, 0.6) is 0 Å². The average Bonchev–Trinajstić information content (AvgIpc) is 2.50. The summed E-state index contributed by atoms with van der Waals surface area (Å²) in [5.74, 6) is -0.440. The van der Waals surface area contributed by atoms with Gasteiger partial charge in [0.2, 0.25) is 10.0 Å². The van der Waals surface area contributed by atoms with Crippen molar-refractivity contribution in [2.24, 2.45) is 0 Å². The summed E-state index contributed by atoms with van der Waals surface area (Å²) in [7, 11) is -3.38. The molecule has 1 aliphatic rings. The maximum absolute atomic E-state index is 11.3. The fourth-order valence-electron chi connectivity index (χ4n) is 1.70. The Kier molecular flexibility index (Phi) is 4.23. The van der Waals surface area contributed by atoms with E-state index in [1.54, 1.807) is 17.8 Å². The number of sulfonamides is 1. The zero-order chi connectivity index (χ0) is 10.6. The van der Waals surface area contributed by atoms with Gasteiger partial charge in [-0.1, -0.05) is 6.42 Å². The quantitative estimate of drug-likeness (QED) is 0.778. The minimum Gasteiger partial charge on any atom is -0.211 e. The number of nitrogens with one attached hydrogen (secondary N) is 1. The van der Waals surface area contributed by atoms with Crippen LogP contribution in [0.15, 0.2) is 0 Å². The summed E-state index contributed by atoms with van der Waals surface area (Å²) >= 11 is 1.69. The standard InChI is InChI=1S/C8H14N2O2S2/c1-13-8-4-2-3-7(8)10-14(11,12)6-5-9/h7-8,10H,2-4,6H2,1H3. The summed E-state index contributed by atoms with van der Waals surface area (Å²) in [6, 6.07) is 1.67. The molecule has 2 unspecified atom stereocenters. The first-order chi connectivity index (χ1) is 6.59. The Hall–Kier alpha value is -0.250. The van der Waals surface area contributed by atoms with Crippen LogP contribution in [-0.4, -0.2) is 31.7 Å². The molecule has 1 aliphatic carbocycles. The number of nitriles is 1. The largest absolute Gasteiger partial charge is 0.225 e. The Morgan fingerprint density at radius 1 is 1.57 bits per heavy atom. The highest BCUT2D eigenvalue weighted by molar-refractivity contribution is 7.99. The fraction of sp³-hybridized carbons (Fsp3) is 0.875. The first-order valence-electron chi connectivity index (χ1n) is 4.49. The van der Waals surface area contributed by atoms with E-state index >= 15 is 0 Å². The van der Waals surface area contributed by atoms with Gasteiger partial charge in [-0.25, -0.2) is 13.1 Å². The molecule has 0 saturated heterocycles. The third-order valence-corrected chi connectivity index (χ3v) is 4.68. The van der Waals surface area contributed by atoms with Gasteiger partial charge in [-0.3, -0.25) is 0 Å². The summed E-state index contributed by atoms with van der Waals surface area (Å²) < 4.78 is 25.2. The maximum Gasteiger partial charge on any atom is 0.225 e. The molecular formula is C8H14N2O2S2. The lowest BCUT2D eigenvalue weighted by Gasteiger charge is -2.17. The molecule has 2 atom stereocenters. The first-order valence-corrected chi connectivity index (χ1v) is 7.43. The highest BCUT2D eigenvalue weighted by Gasteiger charge is 2.29. The Morgan fingerprint density at radius 2 is 2.29 bits per heavy atom. The maximum atomic E-state index is 11.3. The van der Waals surface area contributed by atoms with E-state index in [1.807, 2.05) is 6.26 Å². The van der Waals surface area contributed by atoms with Crippen molar-refractivity contribution in [3.8, 4) is 6.07 Å². The molecule has 0 bridgehead atoms. The van der Waals surface area contributed by atoms with Crippen LogP contribution in [0.1, 0.15) is 19.3 Å². The van der Waals surface area contributed by atoms with E-state index < -0.39 is 15.8 Å². The molecule has 0 heterocycles. The fourth-order valence-corrected chi connectivity index (χ4v) is 3.72. The number of hydrogen-bond acceptors (Lipinski definition) is 4. The average molecular weight is 234 g/mol. The molecule has 0 spiro atoms. The van der Waals surface area contributed by atoms with Crippen molar-refractivity contribution in [3.05, 3.63) is 0 Å². The minimum absolute atomic E-state index is 0.0170. The Balaban J connectivity index is 2.56. The van der Waals surface area contributed by atoms with Crippen LogP contribution >= 0.6 is 11.8 Å². The summed E-state index contributed by atoms with van der Waals surface area (Å²) in [6.07, 6.45) is 4.99.